The van der Waals surface area contributed by atoms with Gasteiger partial charge in [-0.3, -0.25) is 0 Å². The van der Waals surface area contributed by atoms with E-state index >= 15 is 0 Å². The molecule has 1 aromatic heterocycles. The number of rotatable bonds is 18. The summed E-state index contributed by atoms with van der Waals surface area (Å²) in [5.41, 5.74) is 1.87. The van der Waals surface area contributed by atoms with E-state index in [-0.39, 0.29) is 28.5 Å². The van der Waals surface area contributed by atoms with Crippen molar-refractivity contribution in [3.8, 4) is 11.3 Å². The third-order valence-electron chi connectivity index (χ3n) is 12.0. The highest BCUT2D eigenvalue weighted by atomic mass is 28.4. The molecule has 0 radical (unpaired) electrons. The largest absolute Gasteiger partial charge is 0.460 e. The summed E-state index contributed by atoms with van der Waals surface area (Å²) in [7, 11) is -5.61. The molecule has 11 heteroatoms. The number of ether oxygens (including phenoxy) is 2. The number of amides is 1. The highest BCUT2D eigenvalue weighted by Gasteiger charge is 2.51. The van der Waals surface area contributed by atoms with Crippen LogP contribution in [-0.4, -0.2) is 69.7 Å². The van der Waals surface area contributed by atoms with Gasteiger partial charge in [0, 0.05) is 31.0 Å². The van der Waals surface area contributed by atoms with Gasteiger partial charge in [-0.25, -0.2) is 14.6 Å². The van der Waals surface area contributed by atoms with Crippen molar-refractivity contribution in [3.05, 3.63) is 163 Å². The van der Waals surface area contributed by atoms with Gasteiger partial charge in [0.15, 0.2) is 0 Å². The number of nitrogens with zero attached hydrogens (tertiary/aromatic N) is 2. The summed E-state index contributed by atoms with van der Waals surface area (Å²) in [4.78, 5) is 31.5. The fourth-order valence-corrected chi connectivity index (χ4v) is 18.2. The maximum Gasteiger partial charge on any atom is 0.407 e. The van der Waals surface area contributed by atoms with Crippen LogP contribution in [0, 0.1) is 0 Å². The van der Waals surface area contributed by atoms with Crippen molar-refractivity contribution >= 4 is 49.4 Å². The Morgan fingerprint density at radius 1 is 0.621 bits per heavy atom. The van der Waals surface area contributed by atoms with Crippen LogP contribution in [0.4, 0.5) is 4.79 Å². The SMILES string of the molecule is CCOC(=O)c1nc(-c2ccc(CC(CCO[Si](c3ccccc3)(c3ccccc3)C(C)(C)C)NC(=O)OC(C)(C)C)cc2)cn1CCO[Si](c1ccccc1)(c1ccccc1)C(C)(C)C. The van der Waals surface area contributed by atoms with Crippen molar-refractivity contribution < 1.29 is 27.9 Å². The van der Waals surface area contributed by atoms with E-state index in [0.29, 0.717) is 38.3 Å². The van der Waals surface area contributed by atoms with Crippen molar-refractivity contribution in [3.63, 3.8) is 0 Å². The molecule has 66 heavy (non-hydrogen) atoms. The van der Waals surface area contributed by atoms with Crippen LogP contribution in [-0.2, 0) is 31.3 Å². The Morgan fingerprint density at radius 2 is 1.06 bits per heavy atom. The molecule has 6 rings (SSSR count). The van der Waals surface area contributed by atoms with Gasteiger partial charge < -0.3 is 28.2 Å². The first-order valence-electron chi connectivity index (χ1n) is 23.2. The molecule has 1 unspecified atom stereocenters. The van der Waals surface area contributed by atoms with Gasteiger partial charge in [0.25, 0.3) is 16.6 Å². The second kappa shape index (κ2) is 21.4. The molecule has 6 aromatic rings. The van der Waals surface area contributed by atoms with Crippen molar-refractivity contribution in [1.29, 1.82) is 0 Å². The van der Waals surface area contributed by atoms with E-state index in [0.717, 1.165) is 11.1 Å². The molecule has 1 amide bonds. The van der Waals surface area contributed by atoms with Crippen LogP contribution in [0.3, 0.4) is 0 Å². The number of esters is 1. The molecule has 0 spiro atoms. The fraction of sp³-hybridized carbons (Fsp3) is 0.364. The molecule has 0 fully saturated rings. The van der Waals surface area contributed by atoms with Crippen LogP contribution >= 0.6 is 0 Å². The molecule has 1 heterocycles. The van der Waals surface area contributed by atoms with E-state index in [1.54, 1.807) is 6.92 Å². The lowest BCUT2D eigenvalue weighted by atomic mass is 10.0. The average molecular weight is 924 g/mol. The van der Waals surface area contributed by atoms with E-state index in [1.165, 1.54) is 20.7 Å². The van der Waals surface area contributed by atoms with Crippen LogP contribution < -0.4 is 26.1 Å². The number of imidazole rings is 1. The Morgan fingerprint density at radius 3 is 1.47 bits per heavy atom. The maximum atomic E-state index is 13.4. The van der Waals surface area contributed by atoms with E-state index in [1.807, 2.05) is 67.9 Å². The predicted octanol–water partition coefficient (Wildman–Crippen LogP) is 9.71. The molecule has 348 valence electrons. The minimum Gasteiger partial charge on any atom is -0.460 e. The molecular weight excluding hydrogens is 855 g/mol. The van der Waals surface area contributed by atoms with Gasteiger partial charge in [-0.1, -0.05) is 187 Å². The number of carbonyl (C=O) groups is 2. The zero-order valence-corrected chi connectivity index (χ0v) is 42.6. The molecule has 0 saturated heterocycles. The van der Waals surface area contributed by atoms with Crippen LogP contribution in [0.5, 0.6) is 0 Å². The summed E-state index contributed by atoms with van der Waals surface area (Å²) < 4.78 is 27.5. The summed E-state index contributed by atoms with van der Waals surface area (Å²) in [5, 5.41) is 7.58. The van der Waals surface area contributed by atoms with Gasteiger partial charge in [-0.15, -0.1) is 0 Å². The minimum absolute atomic E-state index is 0.185. The Bertz CT molecular complexity index is 2380. The quantitative estimate of drug-likeness (QED) is 0.0677. The standard InChI is InChI=1S/C55H69N3O6Si2/c1-11-61-51(59)50-57-49(41-58(50)37-39-63-66(55(8,9)10,47-28-20-14-21-29-47)48-30-22-15-23-31-48)43-34-32-42(33-35-43)40-44(56-52(60)64-53(2,3)4)36-38-62-65(54(5,6)7,45-24-16-12-17-25-45)46-26-18-13-19-27-46/h12-35,41,44H,11,36-40H2,1-10H3,(H,56,60). The number of benzene rings is 5. The summed E-state index contributed by atoms with van der Waals surface area (Å²) in [6, 6.07) is 50.1. The number of nitrogens with one attached hydrogen (secondary N) is 1. The lowest BCUT2D eigenvalue weighted by Gasteiger charge is -2.43. The topological polar surface area (TPSA) is 101 Å². The molecule has 0 aliphatic heterocycles. The lowest BCUT2D eigenvalue weighted by molar-refractivity contribution is 0.0490. The van der Waals surface area contributed by atoms with Crippen molar-refractivity contribution in [2.75, 3.05) is 19.8 Å². The molecule has 0 aliphatic carbocycles. The molecule has 5 aromatic carbocycles. The van der Waals surface area contributed by atoms with Gasteiger partial charge in [0.05, 0.1) is 18.9 Å². The summed E-state index contributed by atoms with van der Waals surface area (Å²) >= 11 is 0. The highest BCUT2D eigenvalue weighted by Crippen LogP contribution is 2.38. The Labute approximate surface area is 395 Å². The third-order valence-corrected chi connectivity index (χ3v) is 22.0. The number of hydrogen-bond acceptors (Lipinski definition) is 7. The summed E-state index contributed by atoms with van der Waals surface area (Å²) in [5.74, 6) is -0.258. The zero-order chi connectivity index (χ0) is 47.6. The number of carbonyl (C=O) groups excluding carboxylic acids is 2. The molecule has 1 N–H and O–H groups in total. The monoisotopic (exact) mass is 923 g/mol. The number of hydrogen-bond donors (Lipinski definition) is 1. The first-order chi connectivity index (χ1) is 31.4. The zero-order valence-electron chi connectivity index (χ0n) is 40.6. The Hall–Kier alpha value is -5.60. The number of aromatic nitrogens is 2. The maximum absolute atomic E-state index is 13.4. The first-order valence-corrected chi connectivity index (χ1v) is 27.0. The molecule has 1 atom stereocenters. The molecule has 0 saturated carbocycles. The van der Waals surface area contributed by atoms with Gasteiger partial charge in [-0.2, -0.15) is 0 Å². The van der Waals surface area contributed by atoms with Crippen LogP contribution in [0.1, 0.15) is 91.8 Å². The van der Waals surface area contributed by atoms with E-state index in [4.69, 9.17) is 23.3 Å². The van der Waals surface area contributed by atoms with Crippen LogP contribution in [0.2, 0.25) is 10.1 Å². The predicted molar refractivity (Wildman–Crippen MR) is 272 cm³/mol. The molecular formula is C55H69N3O6Si2. The van der Waals surface area contributed by atoms with Crippen molar-refractivity contribution in [2.24, 2.45) is 0 Å². The van der Waals surface area contributed by atoms with E-state index < -0.39 is 34.3 Å². The average Bonchev–Trinajstić information content (AvgIpc) is 3.71. The van der Waals surface area contributed by atoms with Crippen molar-refractivity contribution in [1.82, 2.24) is 14.9 Å². The first kappa shape index (κ1) is 49.8. The summed E-state index contributed by atoms with van der Waals surface area (Å²) in [6.45, 7) is 22.4. The second-order valence-electron chi connectivity index (χ2n) is 19.9. The van der Waals surface area contributed by atoms with Gasteiger partial charge in [0.2, 0.25) is 5.82 Å². The third kappa shape index (κ3) is 11.7. The normalized spacial score (nSPS) is 12.9. The van der Waals surface area contributed by atoms with Gasteiger partial charge in [0.1, 0.15) is 5.60 Å². The summed E-state index contributed by atoms with van der Waals surface area (Å²) in [6.07, 6.45) is 2.55. The van der Waals surface area contributed by atoms with Crippen LogP contribution in [0.25, 0.3) is 11.3 Å². The highest BCUT2D eigenvalue weighted by molar-refractivity contribution is 7.00. The Kier molecular flexibility index (Phi) is 16.1. The second-order valence-corrected chi connectivity index (χ2v) is 28.5. The lowest BCUT2D eigenvalue weighted by Crippen LogP contribution is -2.66. The van der Waals surface area contributed by atoms with Gasteiger partial charge >= 0.3 is 12.1 Å². The molecule has 9 nitrogen and oxygen atoms in total. The molecule has 0 aliphatic rings. The fourth-order valence-electron chi connectivity index (χ4n) is 9.05. The smallest absolute Gasteiger partial charge is 0.407 e. The number of alkyl carbamates (subject to hydrolysis) is 1. The van der Waals surface area contributed by atoms with E-state index in [2.05, 4.69) is 156 Å². The van der Waals surface area contributed by atoms with Crippen molar-refractivity contribution in [2.45, 2.75) is 110 Å². The molecule has 0 bridgehead atoms. The minimum atomic E-state index is -2.81. The Balaban J connectivity index is 1.24. The van der Waals surface area contributed by atoms with Gasteiger partial charge in [-0.05, 0) is 76.9 Å². The van der Waals surface area contributed by atoms with E-state index in [9.17, 15) is 9.59 Å². The van der Waals surface area contributed by atoms with Crippen LogP contribution in [0.15, 0.2) is 152 Å².